The molecule has 0 aliphatic carbocycles. The fourth-order valence-electron chi connectivity index (χ4n) is 1.97. The Balaban J connectivity index is 2.21. The molecule has 1 aromatic carbocycles. The van der Waals surface area contributed by atoms with Gasteiger partial charge < -0.3 is 14.7 Å². The van der Waals surface area contributed by atoms with Gasteiger partial charge in [0.05, 0.1) is 12.7 Å². The Morgan fingerprint density at radius 2 is 2.05 bits per heavy atom. The van der Waals surface area contributed by atoms with E-state index in [1.807, 2.05) is 42.3 Å². The van der Waals surface area contributed by atoms with Gasteiger partial charge in [-0.1, -0.05) is 30.3 Å². The van der Waals surface area contributed by atoms with Crippen molar-refractivity contribution in [3.8, 4) is 0 Å². The van der Waals surface area contributed by atoms with E-state index in [-0.39, 0.29) is 5.78 Å². The quantitative estimate of drug-likeness (QED) is 0.689. The van der Waals surface area contributed by atoms with E-state index < -0.39 is 6.10 Å². The maximum absolute atomic E-state index is 11.9. The van der Waals surface area contributed by atoms with Crippen molar-refractivity contribution >= 4 is 5.78 Å². The molecule has 106 valence electrons. The van der Waals surface area contributed by atoms with Crippen LogP contribution in [0.1, 0.15) is 23.2 Å². The van der Waals surface area contributed by atoms with E-state index in [1.54, 1.807) is 7.11 Å². The lowest BCUT2D eigenvalue weighted by Gasteiger charge is -2.19. The maximum Gasteiger partial charge on any atom is 0.162 e. The number of aliphatic hydroxyl groups is 1. The summed E-state index contributed by atoms with van der Waals surface area (Å²) >= 11 is 0. The molecular formula is C15H23NO3. The number of nitrogens with zero attached hydrogens (tertiary/aromatic N) is 1. The molecule has 0 saturated heterocycles. The summed E-state index contributed by atoms with van der Waals surface area (Å²) in [6.07, 6.45) is 0.860. The third kappa shape index (κ3) is 6.47. The number of likely N-dealkylation sites (N-methyl/N-ethyl adjacent to an activating group) is 1. The van der Waals surface area contributed by atoms with Gasteiger partial charge in [0, 0.05) is 25.6 Å². The Morgan fingerprint density at radius 3 is 2.68 bits per heavy atom. The van der Waals surface area contributed by atoms with Gasteiger partial charge in [-0.3, -0.25) is 4.79 Å². The van der Waals surface area contributed by atoms with Crippen molar-refractivity contribution in [3.63, 3.8) is 0 Å². The predicted octanol–water partition coefficient (Wildman–Crippen LogP) is 1.59. The molecule has 0 aliphatic heterocycles. The molecule has 0 fully saturated rings. The molecule has 19 heavy (non-hydrogen) atoms. The van der Waals surface area contributed by atoms with Crippen LogP contribution in [0.25, 0.3) is 0 Å². The number of hydrogen-bond acceptors (Lipinski definition) is 4. The van der Waals surface area contributed by atoms with Crippen molar-refractivity contribution in [2.24, 2.45) is 0 Å². The van der Waals surface area contributed by atoms with Crippen LogP contribution in [-0.4, -0.2) is 55.7 Å². The summed E-state index contributed by atoms with van der Waals surface area (Å²) in [4.78, 5) is 13.9. The molecule has 1 unspecified atom stereocenters. The van der Waals surface area contributed by atoms with Crippen LogP contribution in [0.4, 0.5) is 0 Å². The first-order valence-corrected chi connectivity index (χ1v) is 6.57. The van der Waals surface area contributed by atoms with E-state index in [0.29, 0.717) is 19.6 Å². The zero-order chi connectivity index (χ0) is 14.1. The standard InChI is InChI=1S/C15H23NO3/c1-16(11-14(17)12-19-2)10-6-9-15(18)13-7-4-3-5-8-13/h3-5,7-8,14,17H,6,9-12H2,1-2H3. The van der Waals surface area contributed by atoms with Gasteiger partial charge in [0.1, 0.15) is 0 Å². The molecule has 1 atom stereocenters. The van der Waals surface area contributed by atoms with E-state index >= 15 is 0 Å². The topological polar surface area (TPSA) is 49.8 Å². The first-order chi connectivity index (χ1) is 9.13. The van der Waals surface area contributed by atoms with Crippen LogP contribution in [0.2, 0.25) is 0 Å². The Kier molecular flexibility index (Phi) is 7.33. The van der Waals surface area contributed by atoms with Crippen LogP contribution in [0.5, 0.6) is 0 Å². The second kappa shape index (κ2) is 8.80. The first-order valence-electron chi connectivity index (χ1n) is 6.57. The predicted molar refractivity (Wildman–Crippen MR) is 75.4 cm³/mol. The first kappa shape index (κ1) is 15.8. The van der Waals surface area contributed by atoms with Gasteiger partial charge in [0.15, 0.2) is 5.78 Å². The lowest BCUT2D eigenvalue weighted by Crippen LogP contribution is -2.32. The number of carbonyl (C=O) groups excluding carboxylic acids is 1. The van der Waals surface area contributed by atoms with Crippen LogP contribution in [0.15, 0.2) is 30.3 Å². The van der Waals surface area contributed by atoms with Crippen LogP contribution in [0, 0.1) is 0 Å². The SMILES string of the molecule is COCC(O)CN(C)CCCC(=O)c1ccccc1. The van der Waals surface area contributed by atoms with Gasteiger partial charge in [0.2, 0.25) is 0 Å². The molecule has 0 heterocycles. The Bertz CT molecular complexity index is 367. The summed E-state index contributed by atoms with van der Waals surface area (Å²) < 4.78 is 4.87. The van der Waals surface area contributed by atoms with Crippen molar-refractivity contribution in [2.75, 3.05) is 33.9 Å². The molecule has 0 bridgehead atoms. The van der Waals surface area contributed by atoms with Crippen molar-refractivity contribution in [2.45, 2.75) is 18.9 Å². The number of rotatable bonds is 9. The summed E-state index contributed by atoms with van der Waals surface area (Å²) in [6.45, 7) is 1.69. The van der Waals surface area contributed by atoms with Gasteiger partial charge in [0.25, 0.3) is 0 Å². The smallest absolute Gasteiger partial charge is 0.162 e. The molecule has 0 spiro atoms. The maximum atomic E-state index is 11.9. The van der Waals surface area contributed by atoms with Crippen LogP contribution in [-0.2, 0) is 4.74 Å². The van der Waals surface area contributed by atoms with Gasteiger partial charge in [-0.15, -0.1) is 0 Å². The number of benzene rings is 1. The van der Waals surface area contributed by atoms with E-state index in [2.05, 4.69) is 0 Å². The second-order valence-corrected chi connectivity index (χ2v) is 4.76. The average molecular weight is 265 g/mol. The molecule has 4 heteroatoms. The Hall–Kier alpha value is -1.23. The highest BCUT2D eigenvalue weighted by molar-refractivity contribution is 5.95. The highest BCUT2D eigenvalue weighted by Crippen LogP contribution is 2.05. The highest BCUT2D eigenvalue weighted by atomic mass is 16.5. The minimum atomic E-state index is -0.472. The van der Waals surface area contributed by atoms with Crippen molar-refractivity contribution in [1.29, 1.82) is 0 Å². The van der Waals surface area contributed by atoms with Gasteiger partial charge in [-0.25, -0.2) is 0 Å². The number of aliphatic hydroxyl groups excluding tert-OH is 1. The fourth-order valence-corrected chi connectivity index (χ4v) is 1.97. The molecule has 1 N–H and O–H groups in total. The Labute approximate surface area is 115 Å². The van der Waals surface area contributed by atoms with Crippen molar-refractivity contribution in [3.05, 3.63) is 35.9 Å². The molecule has 0 saturated carbocycles. The third-order valence-corrected chi connectivity index (χ3v) is 2.92. The third-order valence-electron chi connectivity index (χ3n) is 2.92. The van der Waals surface area contributed by atoms with E-state index in [4.69, 9.17) is 4.74 Å². The summed E-state index contributed by atoms with van der Waals surface area (Å²) in [5, 5.41) is 9.57. The minimum Gasteiger partial charge on any atom is -0.389 e. The number of carbonyl (C=O) groups is 1. The second-order valence-electron chi connectivity index (χ2n) is 4.76. The normalized spacial score (nSPS) is 12.6. The summed E-state index contributed by atoms with van der Waals surface area (Å²) in [5.74, 6) is 0.173. The van der Waals surface area contributed by atoms with Crippen LogP contribution >= 0.6 is 0 Å². The lowest BCUT2D eigenvalue weighted by molar-refractivity contribution is 0.0430. The van der Waals surface area contributed by atoms with Crippen molar-refractivity contribution < 1.29 is 14.6 Å². The van der Waals surface area contributed by atoms with E-state index in [0.717, 1.165) is 18.5 Å². The molecule has 0 aromatic heterocycles. The molecule has 0 aliphatic rings. The zero-order valence-corrected chi connectivity index (χ0v) is 11.7. The number of ether oxygens (including phenoxy) is 1. The lowest BCUT2D eigenvalue weighted by atomic mass is 10.1. The summed E-state index contributed by atoms with van der Waals surface area (Å²) in [6, 6.07) is 9.34. The van der Waals surface area contributed by atoms with Gasteiger partial charge in [-0.2, -0.15) is 0 Å². The van der Waals surface area contributed by atoms with Gasteiger partial charge in [-0.05, 0) is 20.0 Å². The van der Waals surface area contributed by atoms with Crippen LogP contribution < -0.4 is 0 Å². The van der Waals surface area contributed by atoms with Crippen molar-refractivity contribution in [1.82, 2.24) is 4.90 Å². The zero-order valence-electron chi connectivity index (χ0n) is 11.7. The fraction of sp³-hybridized carbons (Fsp3) is 0.533. The van der Waals surface area contributed by atoms with E-state index in [9.17, 15) is 9.90 Å². The molecule has 0 amide bonds. The Morgan fingerprint density at radius 1 is 1.37 bits per heavy atom. The van der Waals surface area contributed by atoms with Gasteiger partial charge >= 0.3 is 0 Å². The highest BCUT2D eigenvalue weighted by Gasteiger charge is 2.09. The summed E-state index contributed by atoms with van der Waals surface area (Å²) in [7, 11) is 3.51. The molecule has 0 radical (unpaired) electrons. The number of Topliss-reactive ketones (excluding diaryl/α,β-unsaturated/α-hetero) is 1. The molecule has 1 aromatic rings. The van der Waals surface area contributed by atoms with E-state index in [1.165, 1.54) is 0 Å². The summed E-state index contributed by atoms with van der Waals surface area (Å²) in [5.41, 5.74) is 0.768. The largest absolute Gasteiger partial charge is 0.389 e. The number of hydrogen-bond donors (Lipinski definition) is 1. The number of ketones is 1. The number of methoxy groups -OCH3 is 1. The van der Waals surface area contributed by atoms with Crippen LogP contribution in [0.3, 0.4) is 0 Å². The minimum absolute atomic E-state index is 0.173. The average Bonchev–Trinajstić information content (AvgIpc) is 2.39. The monoisotopic (exact) mass is 265 g/mol. The molecule has 4 nitrogen and oxygen atoms in total. The molecular weight excluding hydrogens is 242 g/mol. The molecule has 1 rings (SSSR count).